The number of nitrogens with one attached hydrogen (secondary N) is 2. The van der Waals surface area contributed by atoms with Gasteiger partial charge in [-0.3, -0.25) is 9.78 Å². The third kappa shape index (κ3) is 4.66. The maximum absolute atomic E-state index is 12.5. The Hall–Kier alpha value is -3.38. The second kappa shape index (κ2) is 8.54. The van der Waals surface area contributed by atoms with Crippen LogP contribution in [0.1, 0.15) is 26.4 Å². The summed E-state index contributed by atoms with van der Waals surface area (Å²) in [6, 6.07) is 15.5. The van der Waals surface area contributed by atoms with Gasteiger partial charge >= 0.3 is 5.97 Å². The van der Waals surface area contributed by atoms with Gasteiger partial charge in [-0.15, -0.1) is 0 Å². The van der Waals surface area contributed by atoms with Crippen LogP contribution in [0.5, 0.6) is 0 Å². The highest BCUT2D eigenvalue weighted by Crippen LogP contribution is 2.22. The van der Waals surface area contributed by atoms with Gasteiger partial charge in [0, 0.05) is 28.3 Å². The first-order chi connectivity index (χ1) is 13.5. The summed E-state index contributed by atoms with van der Waals surface area (Å²) in [4.78, 5) is 28.3. The van der Waals surface area contributed by atoms with Gasteiger partial charge < -0.3 is 15.4 Å². The molecular weight excluding hydrogens is 378 g/mol. The monoisotopic (exact) mass is 395 g/mol. The maximum atomic E-state index is 12.5. The summed E-state index contributed by atoms with van der Waals surface area (Å²) in [5, 5.41) is 6.59. The molecule has 0 radical (unpaired) electrons. The molecule has 0 aliphatic heterocycles. The molecule has 0 spiro atoms. The predicted octanol–water partition coefficient (Wildman–Crippen LogP) is 4.83. The van der Waals surface area contributed by atoms with Crippen LogP contribution in [0.4, 0.5) is 17.1 Å². The Morgan fingerprint density at radius 2 is 1.82 bits per heavy atom. The lowest BCUT2D eigenvalue weighted by atomic mass is 10.2. The van der Waals surface area contributed by atoms with Gasteiger partial charge in [0.15, 0.2) is 0 Å². The lowest BCUT2D eigenvalue weighted by Crippen LogP contribution is -2.14. The van der Waals surface area contributed by atoms with E-state index in [4.69, 9.17) is 16.3 Å². The molecule has 0 unspecified atom stereocenters. The number of anilines is 3. The minimum absolute atomic E-state index is 0.253. The van der Waals surface area contributed by atoms with Crippen molar-refractivity contribution in [2.24, 2.45) is 0 Å². The van der Waals surface area contributed by atoms with Crippen molar-refractivity contribution in [1.29, 1.82) is 0 Å². The van der Waals surface area contributed by atoms with Crippen molar-refractivity contribution >= 4 is 40.5 Å². The number of methoxy groups -OCH3 is 1. The molecule has 2 N–H and O–H groups in total. The minimum atomic E-state index is -0.420. The molecule has 0 saturated heterocycles. The van der Waals surface area contributed by atoms with Crippen LogP contribution in [0.2, 0.25) is 5.02 Å². The smallest absolute Gasteiger partial charge is 0.337 e. The molecular formula is C21H18ClN3O3. The zero-order chi connectivity index (χ0) is 20.1. The van der Waals surface area contributed by atoms with Crippen LogP contribution >= 0.6 is 11.6 Å². The number of aryl methyl sites for hydroxylation is 1. The van der Waals surface area contributed by atoms with Gasteiger partial charge in [0.2, 0.25) is 0 Å². The number of nitrogens with zero attached hydrogens (tertiary/aromatic N) is 1. The average Bonchev–Trinajstić information content (AvgIpc) is 2.70. The first-order valence-corrected chi connectivity index (χ1v) is 8.83. The third-order valence-corrected chi connectivity index (χ3v) is 4.24. The normalized spacial score (nSPS) is 10.2. The number of pyridine rings is 1. The molecule has 1 aromatic heterocycles. The first kappa shape index (κ1) is 19.4. The van der Waals surface area contributed by atoms with Gasteiger partial charge in [0.1, 0.15) is 5.69 Å². The Bertz CT molecular complexity index is 1040. The van der Waals surface area contributed by atoms with E-state index in [1.54, 1.807) is 48.5 Å². The lowest BCUT2D eigenvalue weighted by molar-refractivity contribution is 0.0600. The topological polar surface area (TPSA) is 80.3 Å². The van der Waals surface area contributed by atoms with Crippen molar-refractivity contribution in [3.8, 4) is 0 Å². The van der Waals surface area contributed by atoms with Gasteiger partial charge in [-0.05, 0) is 61.0 Å². The van der Waals surface area contributed by atoms with E-state index in [2.05, 4.69) is 15.6 Å². The summed E-state index contributed by atoms with van der Waals surface area (Å²) in [5.74, 6) is -0.755. The van der Waals surface area contributed by atoms with E-state index >= 15 is 0 Å². The third-order valence-electron chi connectivity index (χ3n) is 4.00. The van der Waals surface area contributed by atoms with Gasteiger partial charge in [-0.1, -0.05) is 17.7 Å². The van der Waals surface area contributed by atoms with Crippen LogP contribution in [0.25, 0.3) is 0 Å². The molecule has 6 nitrogen and oxygen atoms in total. The maximum Gasteiger partial charge on any atom is 0.337 e. The summed E-state index contributed by atoms with van der Waals surface area (Å²) < 4.78 is 4.73. The Labute approximate surface area is 167 Å². The Morgan fingerprint density at radius 1 is 1.04 bits per heavy atom. The van der Waals surface area contributed by atoms with Crippen LogP contribution in [0.3, 0.4) is 0 Å². The molecule has 0 atom stereocenters. The van der Waals surface area contributed by atoms with Gasteiger partial charge in [-0.2, -0.15) is 0 Å². The molecule has 0 aliphatic rings. The molecule has 0 saturated carbocycles. The van der Waals surface area contributed by atoms with Crippen molar-refractivity contribution in [2.75, 3.05) is 17.7 Å². The number of carbonyl (C=O) groups is 2. The van der Waals surface area contributed by atoms with Crippen LogP contribution < -0.4 is 10.6 Å². The second-order valence-electron chi connectivity index (χ2n) is 6.04. The standard InChI is InChI=1S/C21H18ClN3O3/c1-13-10-15(22)6-7-18(13)25-20(26)19-12-17(8-9-23-19)24-16-5-3-4-14(11-16)21(27)28-2/h3-12H,1-2H3,(H,23,24)(H,25,26). The highest BCUT2D eigenvalue weighted by Gasteiger charge is 2.11. The number of rotatable bonds is 5. The molecule has 1 amide bonds. The SMILES string of the molecule is COC(=O)c1cccc(Nc2ccnc(C(=O)Nc3ccc(Cl)cc3C)c2)c1. The fourth-order valence-electron chi connectivity index (χ4n) is 2.59. The Balaban J connectivity index is 1.77. The second-order valence-corrected chi connectivity index (χ2v) is 6.48. The first-order valence-electron chi connectivity index (χ1n) is 8.45. The number of esters is 1. The number of ether oxygens (including phenoxy) is 1. The van der Waals surface area contributed by atoms with E-state index in [1.165, 1.54) is 13.3 Å². The molecule has 0 fully saturated rings. The zero-order valence-electron chi connectivity index (χ0n) is 15.3. The van der Waals surface area contributed by atoms with Crippen molar-refractivity contribution in [2.45, 2.75) is 6.92 Å². The largest absolute Gasteiger partial charge is 0.465 e. The fourth-order valence-corrected chi connectivity index (χ4v) is 2.82. The number of carbonyl (C=O) groups excluding carboxylic acids is 2. The van der Waals surface area contributed by atoms with Crippen molar-refractivity contribution in [3.63, 3.8) is 0 Å². The van der Waals surface area contributed by atoms with E-state index in [-0.39, 0.29) is 11.6 Å². The quantitative estimate of drug-likeness (QED) is 0.605. The number of amides is 1. The molecule has 0 aliphatic carbocycles. The lowest BCUT2D eigenvalue weighted by Gasteiger charge is -2.11. The Morgan fingerprint density at radius 3 is 2.57 bits per heavy atom. The van der Waals surface area contributed by atoms with E-state index in [0.29, 0.717) is 27.6 Å². The summed E-state index contributed by atoms with van der Waals surface area (Å²) in [6.45, 7) is 1.86. The summed E-state index contributed by atoms with van der Waals surface area (Å²) in [6.07, 6.45) is 1.54. The summed E-state index contributed by atoms with van der Waals surface area (Å²) >= 11 is 5.95. The van der Waals surface area contributed by atoms with Gasteiger partial charge in [0.25, 0.3) is 5.91 Å². The molecule has 7 heteroatoms. The fraction of sp³-hybridized carbons (Fsp3) is 0.0952. The van der Waals surface area contributed by atoms with Crippen LogP contribution in [-0.4, -0.2) is 24.0 Å². The number of aromatic nitrogens is 1. The predicted molar refractivity (Wildman–Crippen MR) is 109 cm³/mol. The van der Waals surface area contributed by atoms with E-state index in [0.717, 1.165) is 5.56 Å². The molecule has 28 heavy (non-hydrogen) atoms. The van der Waals surface area contributed by atoms with Crippen LogP contribution in [0.15, 0.2) is 60.8 Å². The molecule has 142 valence electrons. The summed E-state index contributed by atoms with van der Waals surface area (Å²) in [5.41, 5.74) is 3.56. The number of hydrogen-bond donors (Lipinski definition) is 2. The molecule has 0 bridgehead atoms. The number of benzene rings is 2. The highest BCUT2D eigenvalue weighted by atomic mass is 35.5. The minimum Gasteiger partial charge on any atom is -0.465 e. The summed E-state index contributed by atoms with van der Waals surface area (Å²) in [7, 11) is 1.33. The molecule has 2 aromatic carbocycles. The van der Waals surface area contributed by atoms with Crippen LogP contribution in [-0.2, 0) is 4.74 Å². The number of hydrogen-bond acceptors (Lipinski definition) is 5. The Kier molecular flexibility index (Phi) is 5.91. The molecule has 1 heterocycles. The van der Waals surface area contributed by atoms with Gasteiger partial charge in [0.05, 0.1) is 12.7 Å². The van der Waals surface area contributed by atoms with Crippen molar-refractivity contribution in [1.82, 2.24) is 4.98 Å². The average molecular weight is 396 g/mol. The zero-order valence-corrected chi connectivity index (χ0v) is 16.1. The van der Waals surface area contributed by atoms with Crippen molar-refractivity contribution < 1.29 is 14.3 Å². The highest BCUT2D eigenvalue weighted by molar-refractivity contribution is 6.30. The molecule has 3 rings (SSSR count). The van der Waals surface area contributed by atoms with E-state index < -0.39 is 5.97 Å². The van der Waals surface area contributed by atoms with E-state index in [1.807, 2.05) is 13.0 Å². The van der Waals surface area contributed by atoms with E-state index in [9.17, 15) is 9.59 Å². The number of halogens is 1. The molecule has 3 aromatic rings. The van der Waals surface area contributed by atoms with Crippen molar-refractivity contribution in [3.05, 3.63) is 82.6 Å². The van der Waals surface area contributed by atoms with Crippen LogP contribution in [0, 0.1) is 6.92 Å². The van der Waals surface area contributed by atoms with Gasteiger partial charge in [-0.25, -0.2) is 4.79 Å².